The zero-order chi connectivity index (χ0) is 20.2. The summed E-state index contributed by atoms with van der Waals surface area (Å²) in [5.41, 5.74) is 2.22. The van der Waals surface area contributed by atoms with Crippen molar-refractivity contribution in [2.75, 3.05) is 11.9 Å². The van der Waals surface area contributed by atoms with Crippen molar-refractivity contribution >= 4 is 34.8 Å². The molecule has 0 spiro atoms. The lowest BCUT2D eigenvalue weighted by molar-refractivity contribution is 0.0976. The van der Waals surface area contributed by atoms with Gasteiger partial charge in [-0.3, -0.25) is 20.2 Å². The smallest absolute Gasteiger partial charge is 0.260 e. The number of hydrogen-bond donors (Lipinski definition) is 4. The zero-order valence-electron chi connectivity index (χ0n) is 15.1. The molecule has 0 radical (unpaired) electrons. The molecule has 3 aromatic rings. The van der Waals surface area contributed by atoms with Crippen molar-refractivity contribution in [3.8, 4) is 6.07 Å². The number of aromatic nitrogens is 2. The summed E-state index contributed by atoms with van der Waals surface area (Å²) >= 11 is 0. The molecule has 0 atom stereocenters. The van der Waals surface area contributed by atoms with Crippen LogP contribution in [0.1, 0.15) is 26.3 Å². The van der Waals surface area contributed by atoms with Gasteiger partial charge < -0.3 is 10.3 Å². The van der Waals surface area contributed by atoms with E-state index in [0.717, 1.165) is 0 Å². The number of anilines is 1. The van der Waals surface area contributed by atoms with Crippen molar-refractivity contribution < 1.29 is 9.59 Å². The number of fused-ring (bicyclic) bond motifs is 1. The zero-order valence-corrected chi connectivity index (χ0v) is 15.1. The number of amides is 2. The highest BCUT2D eigenvalue weighted by Crippen LogP contribution is 2.19. The number of aliphatic imine (C=N–C) groups is 1. The van der Waals surface area contributed by atoms with Gasteiger partial charge in [-0.15, -0.1) is 0 Å². The molecule has 4 N–H and O–H groups in total. The van der Waals surface area contributed by atoms with Gasteiger partial charge in [0.2, 0.25) is 11.9 Å². The SMILES string of the molecule is N#Cc1ccc(C(=O)Nc2nc3c(C(=O)NC4=NCC=CN4)cccc3[nH]2)cc1. The van der Waals surface area contributed by atoms with Gasteiger partial charge in [0, 0.05) is 11.8 Å². The molecule has 0 bridgehead atoms. The highest BCUT2D eigenvalue weighted by atomic mass is 16.2. The second kappa shape index (κ2) is 7.66. The standard InChI is InChI=1S/C20H15N7O2/c21-11-12-5-7-13(8-6-12)17(28)26-20-24-15-4-1-3-14(16(15)25-20)18(29)27-19-22-9-2-10-23-19/h1-9H,10H2,(H2,22,23,27,29)(H2,24,25,26,28). The molecule has 142 valence electrons. The second-order valence-electron chi connectivity index (χ2n) is 6.12. The van der Waals surface area contributed by atoms with Gasteiger partial charge in [-0.05, 0) is 42.5 Å². The molecule has 0 unspecified atom stereocenters. The maximum atomic E-state index is 12.6. The van der Waals surface area contributed by atoms with Crippen LogP contribution in [0.25, 0.3) is 11.0 Å². The topological polar surface area (TPSA) is 135 Å². The lowest BCUT2D eigenvalue weighted by atomic mass is 10.1. The van der Waals surface area contributed by atoms with Gasteiger partial charge in [-0.2, -0.15) is 5.26 Å². The summed E-state index contributed by atoms with van der Waals surface area (Å²) in [4.78, 5) is 36.5. The number of imidazole rings is 1. The van der Waals surface area contributed by atoms with Crippen LogP contribution in [-0.4, -0.2) is 34.3 Å². The first kappa shape index (κ1) is 17.9. The highest BCUT2D eigenvalue weighted by molar-refractivity contribution is 6.12. The van der Waals surface area contributed by atoms with Gasteiger partial charge in [0.05, 0.1) is 29.3 Å². The highest BCUT2D eigenvalue weighted by Gasteiger charge is 2.16. The van der Waals surface area contributed by atoms with Crippen LogP contribution in [0, 0.1) is 11.3 Å². The number of para-hydroxylation sites is 1. The summed E-state index contributed by atoms with van der Waals surface area (Å²) in [5.74, 6) is -0.175. The minimum atomic E-state index is -0.382. The summed E-state index contributed by atoms with van der Waals surface area (Å²) in [6.45, 7) is 0.487. The Balaban J connectivity index is 1.55. The molecule has 2 heterocycles. The molecule has 2 aromatic carbocycles. The summed E-state index contributed by atoms with van der Waals surface area (Å²) in [6, 6.07) is 13.4. The number of nitriles is 1. The van der Waals surface area contributed by atoms with Crippen molar-refractivity contribution in [1.82, 2.24) is 20.6 Å². The summed E-state index contributed by atoms with van der Waals surface area (Å²) < 4.78 is 0. The number of H-pyrrole nitrogens is 1. The van der Waals surface area contributed by atoms with E-state index in [4.69, 9.17) is 5.26 Å². The molecule has 9 nitrogen and oxygen atoms in total. The van der Waals surface area contributed by atoms with E-state index in [9.17, 15) is 9.59 Å². The summed E-state index contributed by atoms with van der Waals surface area (Å²) in [5, 5.41) is 17.1. The van der Waals surface area contributed by atoms with Crippen LogP contribution in [0.15, 0.2) is 59.7 Å². The number of aromatic amines is 1. The summed E-state index contributed by atoms with van der Waals surface area (Å²) in [6.07, 6.45) is 3.53. The van der Waals surface area contributed by atoms with E-state index in [1.807, 2.05) is 12.1 Å². The molecule has 9 heteroatoms. The van der Waals surface area contributed by atoms with Crippen molar-refractivity contribution in [2.24, 2.45) is 4.99 Å². The molecule has 1 aliphatic rings. The maximum Gasteiger partial charge on any atom is 0.260 e. The van der Waals surface area contributed by atoms with Crippen LogP contribution in [0.3, 0.4) is 0 Å². The fraction of sp³-hybridized carbons (Fsp3) is 0.0500. The largest absolute Gasteiger partial charge is 0.333 e. The molecule has 1 aromatic heterocycles. The van der Waals surface area contributed by atoms with E-state index in [-0.39, 0.29) is 17.8 Å². The fourth-order valence-electron chi connectivity index (χ4n) is 2.78. The number of guanidine groups is 1. The molecule has 0 saturated carbocycles. The quantitative estimate of drug-likeness (QED) is 0.546. The minimum Gasteiger partial charge on any atom is -0.333 e. The van der Waals surface area contributed by atoms with Crippen LogP contribution in [0.5, 0.6) is 0 Å². The first-order valence-corrected chi connectivity index (χ1v) is 8.71. The number of nitrogens with one attached hydrogen (secondary N) is 4. The number of rotatable bonds is 3. The number of nitrogens with zero attached hydrogens (tertiary/aromatic N) is 3. The van der Waals surface area contributed by atoms with E-state index >= 15 is 0 Å². The van der Waals surface area contributed by atoms with E-state index < -0.39 is 0 Å². The number of hydrogen-bond acceptors (Lipinski definition) is 6. The van der Waals surface area contributed by atoms with E-state index in [0.29, 0.717) is 40.2 Å². The molecule has 29 heavy (non-hydrogen) atoms. The summed E-state index contributed by atoms with van der Waals surface area (Å²) in [7, 11) is 0. The van der Waals surface area contributed by atoms with Gasteiger partial charge in [0.1, 0.15) is 5.52 Å². The van der Waals surface area contributed by atoms with Crippen LogP contribution in [0.2, 0.25) is 0 Å². The number of carbonyl (C=O) groups is 2. The lowest BCUT2D eigenvalue weighted by Crippen LogP contribution is -2.40. The predicted octanol–water partition coefficient (Wildman–Crippen LogP) is 1.89. The maximum absolute atomic E-state index is 12.6. The van der Waals surface area contributed by atoms with Crippen LogP contribution in [-0.2, 0) is 0 Å². The van der Waals surface area contributed by atoms with E-state index in [1.54, 1.807) is 48.7 Å². The third-order valence-corrected chi connectivity index (χ3v) is 4.19. The van der Waals surface area contributed by atoms with Crippen molar-refractivity contribution in [3.05, 3.63) is 71.4 Å². The van der Waals surface area contributed by atoms with Crippen molar-refractivity contribution in [2.45, 2.75) is 0 Å². The van der Waals surface area contributed by atoms with Crippen LogP contribution in [0.4, 0.5) is 5.95 Å². The third-order valence-electron chi connectivity index (χ3n) is 4.19. The molecular weight excluding hydrogens is 370 g/mol. The Morgan fingerprint density at radius 2 is 1.90 bits per heavy atom. The Hall–Kier alpha value is -4.45. The first-order chi connectivity index (χ1) is 14.1. The first-order valence-electron chi connectivity index (χ1n) is 8.71. The Kier molecular flexibility index (Phi) is 4.74. The van der Waals surface area contributed by atoms with Crippen LogP contribution >= 0.6 is 0 Å². The third kappa shape index (κ3) is 3.81. The minimum absolute atomic E-state index is 0.214. The Labute approximate surface area is 165 Å². The lowest BCUT2D eigenvalue weighted by Gasteiger charge is -2.11. The Morgan fingerprint density at radius 1 is 1.07 bits per heavy atom. The normalized spacial score (nSPS) is 12.6. The number of benzene rings is 2. The predicted molar refractivity (Wildman–Crippen MR) is 107 cm³/mol. The molecule has 0 saturated heterocycles. The van der Waals surface area contributed by atoms with Gasteiger partial charge in [0.15, 0.2) is 0 Å². The van der Waals surface area contributed by atoms with E-state index in [2.05, 4.69) is 30.9 Å². The average Bonchev–Trinajstić information content (AvgIpc) is 3.16. The van der Waals surface area contributed by atoms with Gasteiger partial charge in [0.25, 0.3) is 11.8 Å². The van der Waals surface area contributed by atoms with E-state index in [1.165, 1.54) is 0 Å². The van der Waals surface area contributed by atoms with Gasteiger partial charge in [-0.1, -0.05) is 6.07 Å². The van der Waals surface area contributed by atoms with Gasteiger partial charge >= 0.3 is 0 Å². The van der Waals surface area contributed by atoms with Crippen molar-refractivity contribution in [1.29, 1.82) is 5.26 Å². The molecular formula is C20H15N7O2. The molecule has 1 aliphatic heterocycles. The van der Waals surface area contributed by atoms with Crippen molar-refractivity contribution in [3.63, 3.8) is 0 Å². The Bertz CT molecular complexity index is 1200. The molecule has 2 amide bonds. The fourth-order valence-corrected chi connectivity index (χ4v) is 2.78. The molecule has 0 fully saturated rings. The van der Waals surface area contributed by atoms with Crippen LogP contribution < -0.4 is 16.0 Å². The monoisotopic (exact) mass is 385 g/mol. The second-order valence-corrected chi connectivity index (χ2v) is 6.12. The molecule has 4 rings (SSSR count). The Morgan fingerprint density at radius 3 is 2.62 bits per heavy atom. The van der Waals surface area contributed by atoms with Gasteiger partial charge in [-0.25, -0.2) is 9.98 Å². The number of carbonyl (C=O) groups excluding carboxylic acids is 2. The average molecular weight is 385 g/mol. The molecule has 0 aliphatic carbocycles.